The molecule has 0 aromatic heterocycles. The van der Waals surface area contributed by atoms with Gasteiger partial charge in [-0.1, -0.05) is 0 Å². The van der Waals surface area contributed by atoms with Crippen molar-refractivity contribution < 1.29 is 29.1 Å². The fourth-order valence-electron chi connectivity index (χ4n) is 1.49. The topological polar surface area (TPSA) is 105 Å². The maximum absolute atomic E-state index is 11.4. The Morgan fingerprint density at radius 1 is 1.45 bits per heavy atom. The highest BCUT2D eigenvalue weighted by Gasteiger charge is 2.32. The molecule has 20 heavy (non-hydrogen) atoms. The van der Waals surface area contributed by atoms with Crippen LogP contribution in [0, 0.1) is 0 Å². The molecule has 1 saturated heterocycles. The molecule has 0 bridgehead atoms. The van der Waals surface area contributed by atoms with Crippen molar-refractivity contribution in [2.45, 2.75) is 51.9 Å². The van der Waals surface area contributed by atoms with Gasteiger partial charge in [0.05, 0.1) is 6.42 Å². The SMILES string of the molecule is CC(C)(C)OC(=O)NCCC(=O)ON1C(=O)CCC1O. The quantitative estimate of drug-likeness (QED) is 0.771. The highest BCUT2D eigenvalue weighted by atomic mass is 16.7. The van der Waals surface area contributed by atoms with Crippen molar-refractivity contribution in [3.63, 3.8) is 0 Å². The summed E-state index contributed by atoms with van der Waals surface area (Å²) in [6.07, 6.45) is -1.48. The smallest absolute Gasteiger partial charge is 0.407 e. The van der Waals surface area contributed by atoms with Crippen LogP contribution in [0.3, 0.4) is 0 Å². The number of carbonyl (C=O) groups excluding carboxylic acids is 3. The van der Waals surface area contributed by atoms with Gasteiger partial charge in [0.1, 0.15) is 5.60 Å². The molecule has 2 amide bonds. The lowest BCUT2D eigenvalue weighted by Crippen LogP contribution is -2.37. The monoisotopic (exact) mass is 288 g/mol. The van der Waals surface area contributed by atoms with Crippen LogP contribution in [0.25, 0.3) is 0 Å². The van der Waals surface area contributed by atoms with Gasteiger partial charge in [-0.25, -0.2) is 9.59 Å². The van der Waals surface area contributed by atoms with Crippen LogP contribution in [0.4, 0.5) is 4.79 Å². The molecule has 1 aliphatic heterocycles. The van der Waals surface area contributed by atoms with Gasteiger partial charge in [-0.05, 0) is 20.8 Å². The summed E-state index contributed by atoms with van der Waals surface area (Å²) < 4.78 is 4.98. The van der Waals surface area contributed by atoms with Crippen LogP contribution in [-0.4, -0.2) is 46.5 Å². The second-order valence-corrected chi connectivity index (χ2v) is 5.38. The Kier molecular flexibility index (Phi) is 5.32. The second kappa shape index (κ2) is 6.56. The average Bonchev–Trinajstić information content (AvgIpc) is 2.58. The lowest BCUT2D eigenvalue weighted by Gasteiger charge is -2.20. The van der Waals surface area contributed by atoms with Gasteiger partial charge in [-0.15, -0.1) is 5.06 Å². The van der Waals surface area contributed by atoms with E-state index < -0.39 is 29.8 Å². The van der Waals surface area contributed by atoms with Gasteiger partial charge in [0.2, 0.25) is 0 Å². The third-order valence-electron chi connectivity index (χ3n) is 2.33. The van der Waals surface area contributed by atoms with E-state index in [1.165, 1.54) is 0 Å². The number of ether oxygens (including phenoxy) is 1. The molecule has 8 nitrogen and oxygen atoms in total. The number of aliphatic hydroxyl groups is 1. The number of hydroxylamine groups is 2. The van der Waals surface area contributed by atoms with E-state index >= 15 is 0 Å². The predicted octanol–water partition coefficient (Wildman–Crippen LogP) is 0.300. The maximum atomic E-state index is 11.4. The maximum Gasteiger partial charge on any atom is 0.407 e. The van der Waals surface area contributed by atoms with Gasteiger partial charge in [0.15, 0.2) is 6.23 Å². The van der Waals surface area contributed by atoms with Gasteiger partial charge in [-0.2, -0.15) is 0 Å². The van der Waals surface area contributed by atoms with E-state index in [9.17, 15) is 19.5 Å². The number of nitrogens with one attached hydrogen (secondary N) is 1. The van der Waals surface area contributed by atoms with Crippen LogP contribution < -0.4 is 5.32 Å². The van der Waals surface area contributed by atoms with Crippen LogP contribution in [0.2, 0.25) is 0 Å². The van der Waals surface area contributed by atoms with E-state index in [0.717, 1.165) is 0 Å². The van der Waals surface area contributed by atoms with Crippen LogP contribution in [0.1, 0.15) is 40.0 Å². The highest BCUT2D eigenvalue weighted by Crippen LogP contribution is 2.16. The minimum absolute atomic E-state index is 0.0197. The van der Waals surface area contributed by atoms with Gasteiger partial charge in [0, 0.05) is 19.4 Å². The highest BCUT2D eigenvalue weighted by molar-refractivity contribution is 5.80. The molecule has 114 valence electrons. The Bertz CT molecular complexity index is 390. The summed E-state index contributed by atoms with van der Waals surface area (Å²) in [6.45, 7) is 5.19. The molecule has 0 aromatic rings. The van der Waals surface area contributed by atoms with Crippen LogP contribution in [0.5, 0.6) is 0 Å². The normalized spacial score (nSPS) is 18.9. The van der Waals surface area contributed by atoms with Crippen molar-refractivity contribution in [3.8, 4) is 0 Å². The van der Waals surface area contributed by atoms with Gasteiger partial charge in [0.25, 0.3) is 5.91 Å². The minimum Gasteiger partial charge on any atom is -0.444 e. The molecule has 1 fully saturated rings. The van der Waals surface area contributed by atoms with E-state index in [4.69, 9.17) is 9.57 Å². The Balaban J connectivity index is 2.24. The van der Waals surface area contributed by atoms with E-state index in [1.807, 2.05) is 0 Å². The van der Waals surface area contributed by atoms with E-state index in [2.05, 4.69) is 5.32 Å². The third kappa shape index (κ3) is 5.43. The summed E-state index contributed by atoms with van der Waals surface area (Å²) in [5.41, 5.74) is -0.614. The first kappa shape index (κ1) is 16.2. The Morgan fingerprint density at radius 2 is 2.10 bits per heavy atom. The molecular weight excluding hydrogens is 268 g/mol. The number of hydrogen-bond donors (Lipinski definition) is 2. The molecule has 2 N–H and O–H groups in total. The molecule has 0 saturated carbocycles. The fraction of sp³-hybridized carbons (Fsp3) is 0.750. The largest absolute Gasteiger partial charge is 0.444 e. The summed E-state index contributed by atoms with van der Waals surface area (Å²) in [6, 6.07) is 0. The number of carbonyl (C=O) groups is 3. The van der Waals surface area contributed by atoms with Gasteiger partial charge < -0.3 is 20.0 Å². The Labute approximate surface area is 117 Å². The Morgan fingerprint density at radius 3 is 2.60 bits per heavy atom. The second-order valence-electron chi connectivity index (χ2n) is 5.38. The summed E-state index contributed by atoms with van der Waals surface area (Å²) >= 11 is 0. The number of alkyl carbamates (subject to hydrolysis) is 1. The molecule has 1 unspecified atom stereocenters. The molecule has 1 atom stereocenters. The van der Waals surface area contributed by atoms with Gasteiger partial charge in [-0.3, -0.25) is 4.79 Å². The zero-order valence-corrected chi connectivity index (χ0v) is 11.8. The third-order valence-corrected chi connectivity index (χ3v) is 2.33. The first-order valence-corrected chi connectivity index (χ1v) is 6.37. The van der Waals surface area contributed by atoms with Crippen molar-refractivity contribution in [1.29, 1.82) is 0 Å². The van der Waals surface area contributed by atoms with Crippen LogP contribution in [-0.2, 0) is 19.2 Å². The predicted molar refractivity (Wildman–Crippen MR) is 67.0 cm³/mol. The standard InChI is InChI=1S/C12H20N2O6/c1-12(2,3)19-11(18)13-7-6-10(17)20-14-8(15)4-5-9(14)16/h8,15H,4-7H2,1-3H3,(H,13,18). The van der Waals surface area contributed by atoms with Crippen molar-refractivity contribution in [1.82, 2.24) is 10.4 Å². The summed E-state index contributed by atoms with van der Waals surface area (Å²) in [5.74, 6) is -1.15. The number of hydrogen-bond acceptors (Lipinski definition) is 6. The summed E-state index contributed by atoms with van der Waals surface area (Å²) in [4.78, 5) is 38.7. The lowest BCUT2D eigenvalue weighted by atomic mass is 10.2. The molecule has 0 radical (unpaired) electrons. The molecule has 0 aliphatic carbocycles. The summed E-state index contributed by atoms with van der Waals surface area (Å²) in [7, 11) is 0. The molecule has 1 rings (SSSR count). The number of amides is 2. The molecule has 1 aliphatic rings. The van der Waals surface area contributed by atoms with Crippen molar-refractivity contribution in [2.75, 3.05) is 6.54 Å². The first-order valence-electron chi connectivity index (χ1n) is 6.37. The van der Waals surface area contributed by atoms with Crippen LogP contribution >= 0.6 is 0 Å². The number of aliphatic hydroxyl groups excluding tert-OH is 1. The zero-order valence-electron chi connectivity index (χ0n) is 11.8. The molecular formula is C12H20N2O6. The van der Waals surface area contributed by atoms with Crippen LogP contribution in [0.15, 0.2) is 0 Å². The van der Waals surface area contributed by atoms with Crippen molar-refractivity contribution >= 4 is 18.0 Å². The van der Waals surface area contributed by atoms with E-state index in [-0.39, 0.29) is 25.8 Å². The number of nitrogens with zero attached hydrogens (tertiary/aromatic N) is 1. The lowest BCUT2D eigenvalue weighted by molar-refractivity contribution is -0.220. The van der Waals surface area contributed by atoms with Gasteiger partial charge >= 0.3 is 12.1 Å². The van der Waals surface area contributed by atoms with E-state index in [1.54, 1.807) is 20.8 Å². The zero-order chi connectivity index (χ0) is 15.3. The number of rotatable bonds is 4. The minimum atomic E-state index is -1.09. The summed E-state index contributed by atoms with van der Waals surface area (Å²) in [5, 5.41) is 12.4. The molecule has 0 aromatic carbocycles. The average molecular weight is 288 g/mol. The van der Waals surface area contributed by atoms with E-state index in [0.29, 0.717) is 5.06 Å². The molecule has 1 heterocycles. The Hall–Kier alpha value is -1.83. The fourth-order valence-corrected chi connectivity index (χ4v) is 1.49. The first-order chi connectivity index (χ1) is 9.19. The molecule has 0 spiro atoms. The molecule has 8 heteroatoms. The van der Waals surface area contributed by atoms with Crippen molar-refractivity contribution in [3.05, 3.63) is 0 Å². The van der Waals surface area contributed by atoms with Crippen molar-refractivity contribution in [2.24, 2.45) is 0 Å².